The summed E-state index contributed by atoms with van der Waals surface area (Å²) in [6, 6.07) is 32.6. The van der Waals surface area contributed by atoms with Crippen LogP contribution < -0.4 is 5.30 Å². The second kappa shape index (κ2) is 5.91. The summed E-state index contributed by atoms with van der Waals surface area (Å²) in [7, 11) is -0.216. The van der Waals surface area contributed by atoms with Gasteiger partial charge in [-0.25, -0.2) is 0 Å². The van der Waals surface area contributed by atoms with E-state index in [0.29, 0.717) is 0 Å². The lowest BCUT2D eigenvalue weighted by Gasteiger charge is -2.35. The van der Waals surface area contributed by atoms with Crippen molar-refractivity contribution in [2.45, 2.75) is 0 Å². The van der Waals surface area contributed by atoms with Crippen LogP contribution >= 0.6 is 7.92 Å². The zero-order valence-corrected chi connectivity index (χ0v) is 13.2. The van der Waals surface area contributed by atoms with Crippen LogP contribution in [0.5, 0.6) is 0 Å². The molecule has 1 heteroatoms. The topological polar surface area (TPSA) is 0 Å². The molecule has 1 aliphatic heterocycles. The molecule has 0 nitrogen and oxygen atoms in total. The highest BCUT2D eigenvalue weighted by Gasteiger charge is 2.31. The molecule has 3 aromatic carbocycles. The van der Waals surface area contributed by atoms with Gasteiger partial charge in [0, 0.05) is 6.16 Å². The zero-order chi connectivity index (χ0) is 14.8. The van der Waals surface area contributed by atoms with E-state index in [1.165, 1.54) is 28.2 Å². The van der Waals surface area contributed by atoms with Gasteiger partial charge in [0.25, 0.3) is 0 Å². The van der Waals surface area contributed by atoms with Crippen LogP contribution in [0.1, 0.15) is 11.1 Å². The third-order valence-electron chi connectivity index (χ3n) is 4.11. The minimum atomic E-state index is -0.216. The van der Waals surface area contributed by atoms with Crippen molar-refractivity contribution in [2.24, 2.45) is 0 Å². The highest BCUT2D eigenvalue weighted by molar-refractivity contribution is 7.78. The van der Waals surface area contributed by atoms with Gasteiger partial charge >= 0.3 is 0 Å². The normalized spacial score (nSPS) is 17.2. The Kier molecular flexibility index (Phi) is 3.62. The predicted molar refractivity (Wildman–Crippen MR) is 97.6 cm³/mol. The lowest BCUT2D eigenvalue weighted by atomic mass is 10.0. The lowest BCUT2D eigenvalue weighted by Crippen LogP contribution is -2.15. The molecule has 0 aliphatic carbocycles. The molecule has 1 unspecified atom stereocenters. The van der Waals surface area contributed by atoms with Crippen LogP contribution in [0.4, 0.5) is 0 Å². The van der Waals surface area contributed by atoms with Crippen LogP contribution in [-0.2, 0) is 0 Å². The average Bonchev–Trinajstić information content (AvgIpc) is 2.57. The standard InChI is InChI=1S/C21H17P/c1-4-10-17(11-5-1)20-16-22(19-14-8-3-9-15-19)21(20)18-12-6-2-7-13-18/h1-15H,16H2. The lowest BCUT2D eigenvalue weighted by molar-refractivity contribution is 1.53. The van der Waals surface area contributed by atoms with E-state index in [4.69, 9.17) is 0 Å². The maximum absolute atomic E-state index is 2.27. The fraction of sp³-hybridized carbons (Fsp3) is 0.0476. The Morgan fingerprint density at radius 3 is 1.64 bits per heavy atom. The fourth-order valence-corrected chi connectivity index (χ4v) is 5.52. The molecule has 0 spiro atoms. The van der Waals surface area contributed by atoms with Crippen LogP contribution in [0.25, 0.3) is 10.9 Å². The first kappa shape index (κ1) is 13.5. The molecule has 0 bridgehead atoms. The Labute approximate surface area is 132 Å². The summed E-state index contributed by atoms with van der Waals surface area (Å²) in [5.41, 5.74) is 4.26. The van der Waals surface area contributed by atoms with Crippen LogP contribution in [0.2, 0.25) is 0 Å². The number of hydrogen-bond donors (Lipinski definition) is 0. The van der Waals surface area contributed by atoms with Crippen molar-refractivity contribution in [3.05, 3.63) is 102 Å². The van der Waals surface area contributed by atoms with Crippen molar-refractivity contribution >= 4 is 24.1 Å². The fourth-order valence-electron chi connectivity index (χ4n) is 3.01. The molecular weight excluding hydrogens is 283 g/mol. The van der Waals surface area contributed by atoms with Crippen molar-refractivity contribution in [1.29, 1.82) is 0 Å². The van der Waals surface area contributed by atoms with E-state index in [1.54, 1.807) is 5.31 Å². The van der Waals surface area contributed by atoms with Crippen molar-refractivity contribution in [1.82, 2.24) is 0 Å². The van der Waals surface area contributed by atoms with Gasteiger partial charge in [0.2, 0.25) is 0 Å². The number of hydrogen-bond acceptors (Lipinski definition) is 0. The Hall–Kier alpha value is -2.17. The van der Waals surface area contributed by atoms with Gasteiger partial charge in [0.15, 0.2) is 0 Å². The monoisotopic (exact) mass is 300 g/mol. The molecule has 1 atom stereocenters. The second-order valence-corrected chi connectivity index (χ2v) is 7.62. The molecule has 0 saturated heterocycles. The Bertz CT molecular complexity index is 789. The minimum absolute atomic E-state index is 0.216. The number of allylic oxidation sites excluding steroid dienone is 1. The summed E-state index contributed by atoms with van der Waals surface area (Å²) in [5, 5.41) is 3.03. The van der Waals surface area contributed by atoms with Gasteiger partial charge in [-0.1, -0.05) is 91.0 Å². The van der Waals surface area contributed by atoms with Crippen molar-refractivity contribution in [3.8, 4) is 0 Å². The second-order valence-electron chi connectivity index (χ2n) is 5.48. The van der Waals surface area contributed by atoms with E-state index in [2.05, 4.69) is 91.0 Å². The summed E-state index contributed by atoms with van der Waals surface area (Å²) in [4.78, 5) is 0. The van der Waals surface area contributed by atoms with Gasteiger partial charge < -0.3 is 0 Å². The molecule has 0 radical (unpaired) electrons. The van der Waals surface area contributed by atoms with Crippen molar-refractivity contribution in [3.63, 3.8) is 0 Å². The molecule has 4 rings (SSSR count). The smallest absolute Gasteiger partial charge is 0.00204 e. The summed E-state index contributed by atoms with van der Waals surface area (Å²) in [6.45, 7) is 0. The predicted octanol–water partition coefficient (Wildman–Crippen LogP) is 5.38. The first-order valence-corrected chi connectivity index (χ1v) is 9.13. The molecule has 106 valence electrons. The Morgan fingerprint density at radius 2 is 1.05 bits per heavy atom. The first-order valence-electron chi connectivity index (χ1n) is 7.60. The molecule has 1 heterocycles. The molecule has 0 aromatic heterocycles. The maximum Gasteiger partial charge on any atom is 0.00204 e. The molecule has 3 aromatic rings. The van der Waals surface area contributed by atoms with E-state index in [-0.39, 0.29) is 7.92 Å². The number of benzene rings is 3. The van der Waals surface area contributed by atoms with Crippen molar-refractivity contribution in [2.75, 3.05) is 6.16 Å². The first-order chi connectivity index (χ1) is 10.9. The van der Waals surface area contributed by atoms with E-state index in [9.17, 15) is 0 Å². The van der Waals surface area contributed by atoms with Gasteiger partial charge in [0.1, 0.15) is 0 Å². The van der Waals surface area contributed by atoms with Crippen LogP contribution in [-0.4, -0.2) is 6.16 Å². The van der Waals surface area contributed by atoms with Gasteiger partial charge in [-0.05, 0) is 35.2 Å². The largest absolute Gasteiger partial charge is 0.0622 e. The van der Waals surface area contributed by atoms with Gasteiger partial charge in [-0.2, -0.15) is 0 Å². The van der Waals surface area contributed by atoms with Gasteiger partial charge in [-0.15, -0.1) is 0 Å². The quantitative estimate of drug-likeness (QED) is 0.570. The highest BCUT2D eigenvalue weighted by atomic mass is 31.1. The molecule has 0 N–H and O–H groups in total. The third kappa shape index (κ3) is 2.40. The summed E-state index contributed by atoms with van der Waals surface area (Å²) < 4.78 is 0. The Morgan fingerprint density at radius 1 is 0.545 bits per heavy atom. The highest BCUT2D eigenvalue weighted by Crippen LogP contribution is 2.63. The van der Waals surface area contributed by atoms with Gasteiger partial charge in [0.05, 0.1) is 0 Å². The van der Waals surface area contributed by atoms with E-state index in [1.807, 2.05) is 0 Å². The summed E-state index contributed by atoms with van der Waals surface area (Å²) >= 11 is 0. The van der Waals surface area contributed by atoms with E-state index >= 15 is 0 Å². The van der Waals surface area contributed by atoms with E-state index < -0.39 is 0 Å². The van der Waals surface area contributed by atoms with Crippen LogP contribution in [0.15, 0.2) is 91.0 Å². The molecular formula is C21H17P. The Balaban J connectivity index is 1.83. The number of rotatable bonds is 3. The minimum Gasteiger partial charge on any atom is -0.0622 e. The average molecular weight is 300 g/mol. The third-order valence-corrected chi connectivity index (χ3v) is 6.73. The van der Waals surface area contributed by atoms with Crippen molar-refractivity contribution < 1.29 is 0 Å². The molecule has 0 fully saturated rings. The molecule has 22 heavy (non-hydrogen) atoms. The summed E-state index contributed by atoms with van der Waals surface area (Å²) in [6.07, 6.45) is 1.19. The molecule has 0 saturated carbocycles. The van der Waals surface area contributed by atoms with Crippen LogP contribution in [0.3, 0.4) is 0 Å². The SMILES string of the molecule is c1ccc(C2=C(c3ccccc3)P(c3ccccc3)C2)cc1. The summed E-state index contributed by atoms with van der Waals surface area (Å²) in [5.74, 6) is 0. The van der Waals surface area contributed by atoms with Gasteiger partial charge in [-0.3, -0.25) is 0 Å². The molecule has 0 amide bonds. The maximum atomic E-state index is 2.27. The zero-order valence-electron chi connectivity index (χ0n) is 12.3. The van der Waals surface area contributed by atoms with Crippen LogP contribution in [0, 0.1) is 0 Å². The molecule has 1 aliphatic rings. The van der Waals surface area contributed by atoms with E-state index in [0.717, 1.165) is 0 Å².